The molecule has 56 heavy (non-hydrogen) atoms. The van der Waals surface area contributed by atoms with Gasteiger partial charge in [-0.1, -0.05) is 53.7 Å². The predicted octanol–water partition coefficient (Wildman–Crippen LogP) is 10.3. The number of nitrogens with zero attached hydrogens (tertiary/aromatic N) is 8. The quantitative estimate of drug-likeness (QED) is 0.131. The normalized spacial score (nSPS) is 8.00. The van der Waals surface area contributed by atoms with Crippen molar-refractivity contribution in [2.24, 2.45) is 0 Å². The molecule has 290 valence electrons. The van der Waals surface area contributed by atoms with Crippen molar-refractivity contribution in [3.8, 4) is 0 Å². The average Bonchev–Trinajstić information content (AvgIpc) is 4.12. The minimum Gasteiger partial charge on any atom is -0.473 e. The van der Waals surface area contributed by atoms with Crippen LogP contribution in [0.3, 0.4) is 0 Å². The molecule has 15 nitrogen and oxygen atoms in total. The highest BCUT2D eigenvalue weighted by atomic mass is 32.1. The lowest BCUT2D eigenvalue weighted by Gasteiger charge is -1.69. The highest BCUT2D eigenvalue weighted by Gasteiger charge is 1.64. The first-order valence-corrected chi connectivity index (χ1v) is 18.6. The number of hydrogen-bond acceptors (Lipinski definition) is 15. The third-order valence-corrected chi connectivity index (χ3v) is 6.17. The first-order chi connectivity index (χ1) is 28.0. The number of aromatic nitrogens is 11. The molecule has 10 aromatic heterocycles. The topological polar surface area (TPSA) is 203 Å². The second-order valence-corrected chi connectivity index (χ2v) is 10.7. The van der Waals surface area contributed by atoms with Gasteiger partial charge in [0.2, 0.25) is 0 Å². The summed E-state index contributed by atoms with van der Waals surface area (Å²) in [7, 11) is 0. The number of aromatic amines is 3. The first-order valence-electron chi connectivity index (χ1n) is 15.9. The van der Waals surface area contributed by atoms with Gasteiger partial charge >= 0.3 is 0 Å². The van der Waals surface area contributed by atoms with Crippen molar-refractivity contribution < 1.29 is 17.9 Å². The molecule has 0 unspecified atom stereocenters. The van der Waals surface area contributed by atoms with Crippen LogP contribution < -0.4 is 0 Å². The van der Waals surface area contributed by atoms with Crippen LogP contribution in [0.1, 0.15) is 0 Å². The van der Waals surface area contributed by atoms with E-state index in [1.165, 1.54) is 42.9 Å². The maximum atomic E-state index is 4.58. The molecular weight excluding hydrogens is 771 g/mol. The second kappa shape index (κ2) is 43.9. The SMILES string of the molecule is c1c[nH]cn1.c1cc[nH]c1.c1ccccc1.c1ccoc1.c1ccsc1.c1cn[nH]c1.c1cnoc1.c1cnsc1.c1cocn1.c1conn1.c1cscn1. The van der Waals surface area contributed by atoms with Gasteiger partial charge in [-0.3, -0.25) is 10.1 Å². The first kappa shape index (κ1) is 46.7. The molecule has 1 aromatic carbocycles. The zero-order valence-electron chi connectivity index (χ0n) is 29.9. The van der Waals surface area contributed by atoms with Crippen LogP contribution in [0, 0.1) is 0 Å². The lowest BCUT2D eigenvalue weighted by molar-refractivity contribution is 0.393. The summed E-state index contributed by atoms with van der Waals surface area (Å²) in [5.74, 6) is 0. The molecule has 0 atom stereocenters. The molecule has 0 amide bonds. The zero-order valence-corrected chi connectivity index (χ0v) is 32.3. The number of oxazole rings is 1. The third kappa shape index (κ3) is 41.1. The summed E-state index contributed by atoms with van der Waals surface area (Å²) in [6.07, 6.45) is 29.5. The smallest absolute Gasteiger partial charge is 0.180 e. The Bertz CT molecular complexity index is 1290. The molecular formula is C38H41N11O4S3. The van der Waals surface area contributed by atoms with Gasteiger partial charge in [0.25, 0.3) is 0 Å². The maximum absolute atomic E-state index is 4.58. The van der Waals surface area contributed by atoms with Gasteiger partial charge in [0.05, 0.1) is 43.0 Å². The van der Waals surface area contributed by atoms with E-state index in [-0.39, 0.29) is 0 Å². The summed E-state index contributed by atoms with van der Waals surface area (Å²) >= 11 is 4.78. The van der Waals surface area contributed by atoms with E-state index in [0.717, 1.165) is 0 Å². The molecule has 0 radical (unpaired) electrons. The van der Waals surface area contributed by atoms with Gasteiger partial charge in [-0.05, 0) is 64.8 Å². The minimum atomic E-state index is 1.38. The number of nitrogens with one attached hydrogen (secondary N) is 3. The van der Waals surface area contributed by atoms with Gasteiger partial charge < -0.3 is 27.8 Å². The Morgan fingerprint density at radius 3 is 1.45 bits per heavy atom. The highest BCUT2D eigenvalue weighted by Crippen LogP contribution is 1.91. The molecule has 0 saturated heterocycles. The van der Waals surface area contributed by atoms with Gasteiger partial charge in [0.15, 0.2) is 6.39 Å². The lowest BCUT2D eigenvalue weighted by Crippen LogP contribution is -1.53. The molecule has 0 aliphatic carbocycles. The van der Waals surface area contributed by atoms with Crippen LogP contribution in [0.2, 0.25) is 0 Å². The van der Waals surface area contributed by atoms with Crippen molar-refractivity contribution in [2.45, 2.75) is 0 Å². The molecule has 11 rings (SSSR count). The summed E-state index contributed by atoms with van der Waals surface area (Å²) in [6.45, 7) is 0. The maximum Gasteiger partial charge on any atom is 0.180 e. The van der Waals surface area contributed by atoms with Gasteiger partial charge in [-0.25, -0.2) is 14.3 Å². The van der Waals surface area contributed by atoms with E-state index in [1.54, 1.807) is 103 Å². The molecule has 0 aliphatic rings. The van der Waals surface area contributed by atoms with E-state index in [9.17, 15) is 0 Å². The second-order valence-electron chi connectivity index (χ2n) is 8.47. The number of H-pyrrole nitrogens is 3. The van der Waals surface area contributed by atoms with E-state index in [1.807, 2.05) is 119 Å². The summed E-state index contributed by atoms with van der Waals surface area (Å²) in [4.78, 5) is 16.6. The fourth-order valence-electron chi connectivity index (χ4n) is 2.39. The third-order valence-electron chi connectivity index (χ3n) is 4.50. The van der Waals surface area contributed by atoms with Crippen molar-refractivity contribution in [1.82, 2.24) is 55.0 Å². The number of benzene rings is 1. The summed E-state index contributed by atoms with van der Waals surface area (Å²) in [5.41, 5.74) is 1.79. The molecule has 18 heteroatoms. The van der Waals surface area contributed by atoms with E-state index in [2.05, 4.69) is 72.9 Å². The van der Waals surface area contributed by atoms with E-state index in [0.29, 0.717) is 0 Å². The fraction of sp³-hybridized carbons (Fsp3) is 0. The number of furan rings is 1. The predicted molar refractivity (Wildman–Crippen MR) is 219 cm³/mol. The highest BCUT2D eigenvalue weighted by molar-refractivity contribution is 7.07. The van der Waals surface area contributed by atoms with Crippen LogP contribution in [0.15, 0.2) is 248 Å². The van der Waals surface area contributed by atoms with Gasteiger partial charge in [-0.15, -0.1) is 16.4 Å². The average molecular weight is 812 g/mol. The molecule has 0 saturated carbocycles. The van der Waals surface area contributed by atoms with Gasteiger partial charge in [0, 0.05) is 65.6 Å². The number of thiophene rings is 1. The minimum absolute atomic E-state index is 1.38. The Kier molecular flexibility index (Phi) is 36.6. The van der Waals surface area contributed by atoms with Gasteiger partial charge in [-0.2, -0.15) is 16.4 Å². The van der Waals surface area contributed by atoms with Crippen LogP contribution in [-0.2, 0) is 0 Å². The molecule has 0 aliphatic heterocycles. The molecule has 3 N–H and O–H groups in total. The largest absolute Gasteiger partial charge is 0.473 e. The Hall–Kier alpha value is -7.28. The van der Waals surface area contributed by atoms with Crippen LogP contribution in [-0.4, -0.2) is 55.0 Å². The monoisotopic (exact) mass is 811 g/mol. The number of imidazole rings is 1. The standard InChI is InChI=1S/C6H6.C4H5N.C4H4O.C4H4S.2C3H4N2.2C3H3NO.2C3H3NS.C2H2N2O/c1-2-4-6-5-3-1;3*1-2-4-5-3-1;1-2-5-3-4-1;1-2-4-5-3-1;1-2-5-3-4-1;1-2-4-5-3-1;1-2-5-3-4-1;1-2-4-5-3-1;1-2-5-4-3-1/h1-6H;1-5H;2*1-4H;2*1-3H,(H,4,5);4*1-3H;1-2H. The van der Waals surface area contributed by atoms with Crippen molar-refractivity contribution in [2.75, 3.05) is 0 Å². The molecule has 10 heterocycles. The fourth-order valence-corrected chi connectivity index (χ4v) is 3.54. The number of hydrogen-bond donors (Lipinski definition) is 3. The Labute approximate surface area is 336 Å². The van der Waals surface area contributed by atoms with Crippen LogP contribution in [0.5, 0.6) is 0 Å². The molecule has 11 aromatic rings. The van der Waals surface area contributed by atoms with E-state index >= 15 is 0 Å². The Balaban J connectivity index is 0.000000308. The molecule has 0 bridgehead atoms. The summed E-state index contributed by atoms with van der Waals surface area (Å²) < 4.78 is 21.4. The molecule has 0 spiro atoms. The Morgan fingerprint density at radius 2 is 1.25 bits per heavy atom. The van der Waals surface area contributed by atoms with Crippen molar-refractivity contribution in [3.63, 3.8) is 0 Å². The van der Waals surface area contributed by atoms with E-state index in [4.69, 9.17) is 0 Å². The summed E-state index contributed by atoms with van der Waals surface area (Å²) in [5, 5.41) is 23.9. The van der Waals surface area contributed by atoms with Crippen molar-refractivity contribution in [3.05, 3.63) is 230 Å². The number of rotatable bonds is 0. The van der Waals surface area contributed by atoms with Crippen LogP contribution in [0.25, 0.3) is 0 Å². The zero-order chi connectivity index (χ0) is 39.6. The Morgan fingerprint density at radius 1 is 0.446 bits per heavy atom. The van der Waals surface area contributed by atoms with Crippen LogP contribution in [0.4, 0.5) is 0 Å². The number of thiazole rings is 1. The van der Waals surface area contributed by atoms with Gasteiger partial charge in [0.1, 0.15) is 18.8 Å². The lowest BCUT2D eigenvalue weighted by atomic mass is 10.4. The van der Waals surface area contributed by atoms with Crippen molar-refractivity contribution in [1.29, 1.82) is 0 Å². The molecule has 0 fully saturated rings. The van der Waals surface area contributed by atoms with Crippen molar-refractivity contribution >= 4 is 34.2 Å². The van der Waals surface area contributed by atoms with E-state index < -0.39 is 0 Å². The van der Waals surface area contributed by atoms with Crippen LogP contribution >= 0.6 is 34.2 Å². The summed E-state index contributed by atoms with van der Waals surface area (Å²) in [6, 6.07) is 29.1.